The molecule has 1 unspecified atom stereocenters. The summed E-state index contributed by atoms with van der Waals surface area (Å²) < 4.78 is 0. The molecular weight excluding hydrogens is 483 g/mol. The van der Waals surface area contributed by atoms with Gasteiger partial charge in [-0.2, -0.15) is 0 Å². The molecule has 0 heterocycles. The molecule has 0 N–H and O–H groups in total. The van der Waals surface area contributed by atoms with Gasteiger partial charge in [-0.05, 0) is 71.2 Å². The number of rotatable bonds is 7. The zero-order valence-electron chi connectivity index (χ0n) is 18.8. The van der Waals surface area contributed by atoms with E-state index in [9.17, 15) is 0 Å². The smallest absolute Gasteiger partial charge is 0.126 e. The number of benzene rings is 3. The van der Waals surface area contributed by atoms with E-state index in [-0.39, 0.29) is 0 Å². The quantitative estimate of drug-likeness (QED) is 0.169. The summed E-state index contributed by atoms with van der Waals surface area (Å²) in [6, 6.07) is 22.7. The van der Waals surface area contributed by atoms with E-state index in [4.69, 9.17) is 33.2 Å². The summed E-state index contributed by atoms with van der Waals surface area (Å²) in [6.45, 7) is 2.28. The van der Waals surface area contributed by atoms with Crippen LogP contribution in [0.15, 0.2) is 77.9 Å². The molecule has 0 saturated heterocycles. The van der Waals surface area contributed by atoms with Crippen LogP contribution in [0.1, 0.15) is 53.5 Å². The lowest BCUT2D eigenvalue weighted by molar-refractivity contribution is 0.790. The van der Waals surface area contributed by atoms with Crippen LogP contribution in [0.4, 0.5) is 0 Å². The fraction of sp³-hybridized carbons (Fsp3) is 0.241. The van der Waals surface area contributed by atoms with Crippen molar-refractivity contribution in [2.75, 3.05) is 0 Å². The molecule has 0 bridgehead atoms. The zero-order chi connectivity index (χ0) is 23.0. The molecule has 0 amide bonds. The first-order valence-corrected chi connectivity index (χ1v) is 16.9. The van der Waals surface area contributed by atoms with E-state index in [1.54, 1.807) is 0 Å². The number of hydrogen-bond acceptors (Lipinski definition) is 0. The van der Waals surface area contributed by atoms with Crippen LogP contribution in [0, 0.1) is 0 Å². The summed E-state index contributed by atoms with van der Waals surface area (Å²) in [7, 11) is 0. The van der Waals surface area contributed by atoms with Crippen LogP contribution in [0.25, 0.3) is 23.3 Å². The molecule has 0 saturated carbocycles. The second-order valence-electron chi connectivity index (χ2n) is 9.25. The first-order chi connectivity index (χ1) is 15.9. The third-order valence-corrected chi connectivity index (χ3v) is 9.47. The second kappa shape index (κ2) is 9.47. The van der Waals surface area contributed by atoms with Crippen molar-refractivity contribution in [3.05, 3.63) is 106 Å². The number of fused-ring (bicyclic) bond motifs is 2. The van der Waals surface area contributed by atoms with E-state index in [1.165, 1.54) is 50.1 Å². The number of aryl methyl sites for hydroxylation is 1. The van der Waals surface area contributed by atoms with E-state index in [2.05, 4.69) is 85.8 Å². The van der Waals surface area contributed by atoms with Gasteiger partial charge >= 0.3 is 6.00 Å². The monoisotopic (exact) mass is 508 g/mol. The molecule has 33 heavy (non-hydrogen) atoms. The van der Waals surface area contributed by atoms with E-state index in [1.807, 2.05) is 0 Å². The molecule has 0 aliphatic heterocycles. The minimum Gasteiger partial charge on any atom is -0.126 e. The number of allylic oxidation sites excluding steroid dienone is 2. The van der Waals surface area contributed by atoms with Gasteiger partial charge in [-0.1, -0.05) is 96.4 Å². The lowest BCUT2D eigenvalue weighted by atomic mass is 9.86. The Kier molecular flexibility index (Phi) is 6.60. The van der Waals surface area contributed by atoms with Gasteiger partial charge < -0.3 is 0 Å². The Balaban J connectivity index is 1.34. The predicted molar refractivity (Wildman–Crippen MR) is 147 cm³/mol. The van der Waals surface area contributed by atoms with Gasteiger partial charge in [0, 0.05) is 5.92 Å². The molecule has 0 nitrogen and oxygen atoms in total. The average molecular weight is 510 g/mol. The number of unbranched alkanes of at least 4 members (excludes halogenated alkanes) is 1. The molecule has 0 spiro atoms. The summed E-state index contributed by atoms with van der Waals surface area (Å²) in [5.74, 6) is 0.369. The molecule has 3 aromatic carbocycles. The Labute approximate surface area is 212 Å². The van der Waals surface area contributed by atoms with Gasteiger partial charge in [0.1, 0.15) is 0 Å². The van der Waals surface area contributed by atoms with Crippen LogP contribution < -0.4 is 0 Å². The topological polar surface area (TPSA) is 0 Å². The van der Waals surface area contributed by atoms with Crippen molar-refractivity contribution in [2.24, 2.45) is 0 Å². The van der Waals surface area contributed by atoms with Crippen molar-refractivity contribution in [1.29, 1.82) is 0 Å². The Hall–Kier alpha value is -1.77. The second-order valence-corrected chi connectivity index (χ2v) is 18.5. The molecule has 0 aromatic heterocycles. The molecule has 0 radical (unpaired) electrons. The molecule has 1 atom stereocenters. The average Bonchev–Trinajstić information content (AvgIpc) is 3.35. The van der Waals surface area contributed by atoms with Crippen molar-refractivity contribution < 1.29 is 0 Å². The summed E-state index contributed by atoms with van der Waals surface area (Å²) in [5, 5.41) is 0. The van der Waals surface area contributed by atoms with Crippen molar-refractivity contribution in [3.63, 3.8) is 0 Å². The molecule has 4 heteroatoms. The maximum atomic E-state index is 6.02. The van der Waals surface area contributed by atoms with Gasteiger partial charge in [-0.25, -0.2) is 0 Å². The highest BCUT2D eigenvalue weighted by Crippen LogP contribution is 2.47. The summed E-state index contributed by atoms with van der Waals surface area (Å²) in [6.07, 6.45) is 8.93. The lowest BCUT2D eigenvalue weighted by Gasteiger charge is -2.17. The minimum atomic E-state index is -2.49. The lowest BCUT2D eigenvalue weighted by Crippen LogP contribution is -2.07. The fourth-order valence-electron chi connectivity index (χ4n) is 5.33. The van der Waals surface area contributed by atoms with Crippen LogP contribution in [-0.4, -0.2) is 6.00 Å². The Morgan fingerprint density at radius 1 is 0.879 bits per heavy atom. The minimum absolute atomic E-state index is 0.369. The van der Waals surface area contributed by atoms with Gasteiger partial charge in [-0.15, -0.1) is 33.2 Å². The van der Waals surface area contributed by atoms with Crippen LogP contribution in [0.5, 0.6) is 0 Å². The van der Waals surface area contributed by atoms with E-state index >= 15 is 0 Å². The van der Waals surface area contributed by atoms with Crippen molar-refractivity contribution in [3.8, 4) is 11.1 Å². The Morgan fingerprint density at radius 3 is 2.48 bits per heavy atom. The SMILES string of the molecule is CC1=Cc2c(-c3ccccc3)cccc2C1C1=Cc2ccc(CCCC[Si](Cl)(Cl)Cl)cc2C1. The number of hydrogen-bond donors (Lipinski definition) is 0. The summed E-state index contributed by atoms with van der Waals surface area (Å²) >= 11 is 18.1. The maximum absolute atomic E-state index is 6.02. The summed E-state index contributed by atoms with van der Waals surface area (Å²) in [4.78, 5) is 0. The van der Waals surface area contributed by atoms with Crippen LogP contribution >= 0.6 is 33.2 Å². The van der Waals surface area contributed by atoms with Gasteiger partial charge in [0.05, 0.1) is 0 Å². The third-order valence-electron chi connectivity index (χ3n) is 6.85. The fourth-order valence-corrected chi connectivity index (χ4v) is 7.19. The molecule has 2 aliphatic rings. The molecule has 3 aromatic rings. The van der Waals surface area contributed by atoms with Crippen molar-refractivity contribution >= 4 is 51.4 Å². The summed E-state index contributed by atoms with van der Waals surface area (Å²) in [5.41, 5.74) is 12.5. The van der Waals surface area contributed by atoms with Crippen LogP contribution in [-0.2, 0) is 12.8 Å². The van der Waals surface area contributed by atoms with Crippen LogP contribution in [0.2, 0.25) is 6.04 Å². The van der Waals surface area contributed by atoms with Gasteiger partial charge in [-0.3, -0.25) is 0 Å². The van der Waals surface area contributed by atoms with Crippen molar-refractivity contribution in [1.82, 2.24) is 0 Å². The van der Waals surface area contributed by atoms with Gasteiger partial charge in [0.15, 0.2) is 0 Å². The molecule has 0 fully saturated rings. The zero-order valence-corrected chi connectivity index (χ0v) is 22.0. The molecule has 2 aliphatic carbocycles. The highest BCUT2D eigenvalue weighted by Gasteiger charge is 2.30. The van der Waals surface area contributed by atoms with Crippen LogP contribution in [0.3, 0.4) is 0 Å². The maximum Gasteiger partial charge on any atom is 0.341 e. The highest BCUT2D eigenvalue weighted by molar-refractivity contribution is 7.64. The van der Waals surface area contributed by atoms with E-state index < -0.39 is 6.00 Å². The van der Waals surface area contributed by atoms with Crippen molar-refractivity contribution in [2.45, 2.75) is 44.6 Å². The molecular formula is C29H27Cl3Si. The number of halogens is 3. The van der Waals surface area contributed by atoms with E-state index in [0.29, 0.717) is 5.92 Å². The normalized spacial score (nSPS) is 16.9. The van der Waals surface area contributed by atoms with Gasteiger partial charge in [0.25, 0.3) is 0 Å². The Bertz CT molecular complexity index is 1240. The molecule has 168 valence electrons. The largest absolute Gasteiger partial charge is 0.341 e. The highest BCUT2D eigenvalue weighted by atomic mass is 35.8. The first-order valence-electron chi connectivity index (χ1n) is 11.6. The van der Waals surface area contributed by atoms with E-state index in [0.717, 1.165) is 31.7 Å². The van der Waals surface area contributed by atoms with Gasteiger partial charge in [0.2, 0.25) is 0 Å². The molecule has 5 rings (SSSR count). The Morgan fingerprint density at radius 2 is 1.70 bits per heavy atom. The predicted octanol–water partition coefficient (Wildman–Crippen LogP) is 9.47. The standard InChI is InChI=1S/C29H27Cl3Si/c1-20-16-28-26(22-9-3-2-4-10-22)11-7-12-27(28)29(20)25-18-23-14-13-21(17-24(23)19-25)8-5-6-15-33(30,31)32/h2-4,7,9-14,16-18,29H,5-6,8,15,19H2,1H3. The first kappa shape index (κ1) is 23.0. The third kappa shape index (κ3) is 5.03.